The number of halogens is 1. The number of benzene rings is 1. The van der Waals surface area contributed by atoms with Crippen molar-refractivity contribution in [1.82, 2.24) is 0 Å². The minimum Gasteiger partial charge on any atom is -0.313 e. The molecule has 0 amide bonds. The number of carbonyl (C=O) groups excluding carboxylic acids is 1. The summed E-state index contributed by atoms with van der Waals surface area (Å²) in [5.41, 5.74) is 2.55. The van der Waals surface area contributed by atoms with Crippen LogP contribution < -0.4 is 0 Å². The van der Waals surface area contributed by atoms with Gasteiger partial charge in [-0.25, -0.2) is 4.39 Å². The van der Waals surface area contributed by atoms with Gasteiger partial charge >= 0.3 is 0 Å². The van der Waals surface area contributed by atoms with E-state index in [9.17, 15) is 9.18 Å². The zero-order valence-electron chi connectivity index (χ0n) is 14.8. The fourth-order valence-corrected chi connectivity index (χ4v) is 5.94. The van der Waals surface area contributed by atoms with Crippen LogP contribution in [0.25, 0.3) is 0 Å². The number of fused-ring (bicyclic) bond motifs is 2. The molecular formula is C22H26FNO. The average molecular weight is 339 g/mol. The standard InChI is InChI=1S/C22H26FNO/c1-3-4-14(12-24)7-13(2)21-19-11-22(19)10-15-5-6-16(23)8-17(15)18(22)9-20(21)25/h3,5-6,8,12-14,18-19,21,24H,1,4,7,9-11H2,2H3/t13-,14?,18?,19?,21?,22?/m1/s1. The van der Waals surface area contributed by atoms with Crippen LogP contribution in [0.2, 0.25) is 0 Å². The van der Waals surface area contributed by atoms with Crippen molar-refractivity contribution < 1.29 is 9.18 Å². The lowest BCUT2D eigenvalue weighted by atomic mass is 9.68. The Morgan fingerprint density at radius 3 is 3.00 bits per heavy atom. The van der Waals surface area contributed by atoms with Gasteiger partial charge < -0.3 is 5.41 Å². The molecule has 0 saturated heterocycles. The van der Waals surface area contributed by atoms with Gasteiger partial charge in [0.2, 0.25) is 0 Å². The van der Waals surface area contributed by atoms with Gasteiger partial charge in [0.25, 0.3) is 0 Å². The van der Waals surface area contributed by atoms with E-state index in [1.165, 1.54) is 11.8 Å². The predicted molar refractivity (Wildman–Crippen MR) is 97.4 cm³/mol. The first kappa shape index (κ1) is 16.7. The van der Waals surface area contributed by atoms with Gasteiger partial charge in [-0.1, -0.05) is 19.1 Å². The summed E-state index contributed by atoms with van der Waals surface area (Å²) in [6, 6.07) is 5.14. The first-order valence-electron chi connectivity index (χ1n) is 9.42. The largest absolute Gasteiger partial charge is 0.313 e. The second-order valence-electron chi connectivity index (χ2n) is 8.48. The SMILES string of the molecule is C=CCC(C=N)C[C@@H](C)C1C(=O)CC2c3cc(F)ccc3CC23CC13. The average Bonchev–Trinajstić information content (AvgIpc) is 3.21. The smallest absolute Gasteiger partial charge is 0.137 e. The van der Waals surface area contributed by atoms with Gasteiger partial charge in [0.05, 0.1) is 0 Å². The number of carbonyl (C=O) groups is 1. The molecule has 25 heavy (non-hydrogen) atoms. The molecule has 6 atom stereocenters. The van der Waals surface area contributed by atoms with E-state index in [1.54, 1.807) is 12.1 Å². The molecule has 4 rings (SSSR count). The van der Waals surface area contributed by atoms with Crippen LogP contribution in [0.1, 0.15) is 49.7 Å². The zero-order valence-corrected chi connectivity index (χ0v) is 14.8. The topological polar surface area (TPSA) is 40.9 Å². The molecule has 1 aromatic carbocycles. The van der Waals surface area contributed by atoms with Crippen molar-refractivity contribution in [2.24, 2.45) is 29.1 Å². The van der Waals surface area contributed by atoms with Gasteiger partial charge in [-0.2, -0.15) is 0 Å². The van der Waals surface area contributed by atoms with Crippen molar-refractivity contribution in [3.63, 3.8) is 0 Å². The van der Waals surface area contributed by atoms with Gasteiger partial charge in [-0.15, -0.1) is 6.58 Å². The summed E-state index contributed by atoms with van der Waals surface area (Å²) in [5, 5.41) is 7.61. The second-order valence-corrected chi connectivity index (χ2v) is 8.48. The molecule has 132 valence electrons. The summed E-state index contributed by atoms with van der Waals surface area (Å²) in [6.07, 6.45) is 7.73. The maximum atomic E-state index is 13.7. The molecule has 5 unspecified atom stereocenters. The van der Waals surface area contributed by atoms with Crippen LogP contribution >= 0.6 is 0 Å². The van der Waals surface area contributed by atoms with E-state index < -0.39 is 0 Å². The minimum absolute atomic E-state index is 0.114. The highest BCUT2D eigenvalue weighted by Crippen LogP contribution is 2.73. The quantitative estimate of drug-likeness (QED) is 0.579. The van der Waals surface area contributed by atoms with E-state index in [-0.39, 0.29) is 29.0 Å². The molecule has 2 nitrogen and oxygen atoms in total. The van der Waals surface area contributed by atoms with Crippen LogP contribution in [0.5, 0.6) is 0 Å². The number of nitrogens with one attached hydrogen (secondary N) is 1. The van der Waals surface area contributed by atoms with Crippen LogP contribution in [-0.4, -0.2) is 12.0 Å². The lowest BCUT2D eigenvalue weighted by molar-refractivity contribution is -0.128. The molecule has 2 fully saturated rings. The van der Waals surface area contributed by atoms with Gasteiger partial charge in [-0.3, -0.25) is 4.79 Å². The molecule has 3 aliphatic carbocycles. The van der Waals surface area contributed by atoms with E-state index in [1.807, 2.05) is 12.1 Å². The normalized spacial score (nSPS) is 34.5. The van der Waals surface area contributed by atoms with Crippen molar-refractivity contribution in [2.45, 2.75) is 44.9 Å². The molecule has 3 heteroatoms. The highest BCUT2D eigenvalue weighted by molar-refractivity contribution is 5.85. The van der Waals surface area contributed by atoms with E-state index in [2.05, 4.69) is 13.5 Å². The number of Topliss-reactive ketones (excluding diaryl/α,β-unsaturated/α-hetero) is 1. The molecule has 0 aromatic heterocycles. The van der Waals surface area contributed by atoms with Crippen LogP contribution in [0.15, 0.2) is 30.9 Å². The van der Waals surface area contributed by atoms with Crippen LogP contribution in [0.4, 0.5) is 4.39 Å². The Labute approximate surface area is 149 Å². The fourth-order valence-electron chi connectivity index (χ4n) is 5.94. The third kappa shape index (κ3) is 2.51. The number of ketones is 1. The molecule has 0 aliphatic heterocycles. The molecule has 0 bridgehead atoms. The lowest BCUT2D eigenvalue weighted by Crippen LogP contribution is -2.35. The maximum Gasteiger partial charge on any atom is 0.137 e. The van der Waals surface area contributed by atoms with Gasteiger partial charge in [0, 0.05) is 12.3 Å². The highest BCUT2D eigenvalue weighted by atomic mass is 19.1. The maximum absolute atomic E-state index is 13.7. The van der Waals surface area contributed by atoms with E-state index in [4.69, 9.17) is 5.41 Å². The number of allylic oxidation sites excluding steroid dienone is 1. The summed E-state index contributed by atoms with van der Waals surface area (Å²) < 4.78 is 13.7. The summed E-state index contributed by atoms with van der Waals surface area (Å²) >= 11 is 0. The summed E-state index contributed by atoms with van der Waals surface area (Å²) in [6.45, 7) is 5.95. The Kier molecular flexibility index (Phi) is 3.93. The molecular weight excluding hydrogens is 313 g/mol. The van der Waals surface area contributed by atoms with E-state index >= 15 is 0 Å². The first-order chi connectivity index (χ1) is 12.0. The summed E-state index contributed by atoms with van der Waals surface area (Å²) in [4.78, 5) is 13.0. The van der Waals surface area contributed by atoms with Crippen molar-refractivity contribution in [2.75, 3.05) is 0 Å². The molecule has 1 spiro atoms. The fraction of sp³-hybridized carbons (Fsp3) is 0.545. The molecule has 1 aromatic rings. The zero-order chi connectivity index (χ0) is 17.8. The monoisotopic (exact) mass is 339 g/mol. The number of hydrogen-bond donors (Lipinski definition) is 1. The van der Waals surface area contributed by atoms with E-state index in [0.29, 0.717) is 24.0 Å². The Hall–Kier alpha value is -1.77. The Bertz CT molecular complexity index is 742. The molecule has 0 radical (unpaired) electrons. The number of rotatable bonds is 6. The van der Waals surface area contributed by atoms with Crippen molar-refractivity contribution >= 4 is 12.0 Å². The van der Waals surface area contributed by atoms with Gasteiger partial charge in [0.1, 0.15) is 11.6 Å². The van der Waals surface area contributed by atoms with E-state index in [0.717, 1.165) is 31.2 Å². The Morgan fingerprint density at radius 1 is 1.48 bits per heavy atom. The van der Waals surface area contributed by atoms with Gasteiger partial charge in [0.15, 0.2) is 0 Å². The predicted octanol–water partition coefficient (Wildman–Crippen LogP) is 4.93. The third-order valence-electron chi connectivity index (χ3n) is 7.08. The molecule has 0 heterocycles. The molecule has 1 N–H and O–H groups in total. The number of hydrogen-bond acceptors (Lipinski definition) is 2. The lowest BCUT2D eigenvalue weighted by Gasteiger charge is -2.34. The van der Waals surface area contributed by atoms with Crippen LogP contribution in [0.3, 0.4) is 0 Å². The summed E-state index contributed by atoms with van der Waals surface area (Å²) in [7, 11) is 0. The Balaban J connectivity index is 1.56. The Morgan fingerprint density at radius 2 is 2.28 bits per heavy atom. The highest BCUT2D eigenvalue weighted by Gasteiger charge is 2.68. The molecule has 3 aliphatic rings. The first-order valence-corrected chi connectivity index (χ1v) is 9.42. The molecule has 2 saturated carbocycles. The van der Waals surface area contributed by atoms with Gasteiger partial charge in [-0.05, 0) is 84.2 Å². The van der Waals surface area contributed by atoms with Crippen molar-refractivity contribution in [3.05, 3.63) is 47.8 Å². The van der Waals surface area contributed by atoms with Crippen molar-refractivity contribution in [1.29, 1.82) is 5.41 Å². The van der Waals surface area contributed by atoms with Crippen molar-refractivity contribution in [3.8, 4) is 0 Å². The summed E-state index contributed by atoms with van der Waals surface area (Å²) in [5.74, 6) is 1.43. The minimum atomic E-state index is -0.186. The van der Waals surface area contributed by atoms with Crippen LogP contribution in [-0.2, 0) is 11.2 Å². The van der Waals surface area contributed by atoms with Crippen LogP contribution in [0, 0.1) is 40.3 Å². The second kappa shape index (κ2) is 5.89. The third-order valence-corrected chi connectivity index (χ3v) is 7.08.